The van der Waals surface area contributed by atoms with Gasteiger partial charge >= 0.3 is 6.18 Å². The predicted molar refractivity (Wildman–Crippen MR) is 160 cm³/mol. The number of benzene rings is 2. The van der Waals surface area contributed by atoms with Crippen molar-refractivity contribution in [3.63, 3.8) is 0 Å². The van der Waals surface area contributed by atoms with Gasteiger partial charge in [0, 0.05) is 54.9 Å². The Labute approximate surface area is 262 Å². The first-order valence-electron chi connectivity index (χ1n) is 13.8. The topological polar surface area (TPSA) is 104 Å². The van der Waals surface area contributed by atoms with Gasteiger partial charge in [-0.15, -0.1) is 0 Å². The minimum absolute atomic E-state index is 0.0371. The van der Waals surface area contributed by atoms with Crippen LogP contribution in [0.15, 0.2) is 48.7 Å². The number of aldehydes is 1. The lowest BCUT2D eigenvalue weighted by Gasteiger charge is -2.23. The molecule has 3 aromatic rings. The van der Waals surface area contributed by atoms with Crippen LogP contribution in [0.4, 0.5) is 42.2 Å². The molecule has 1 saturated heterocycles. The van der Waals surface area contributed by atoms with Gasteiger partial charge < -0.3 is 20.5 Å². The highest BCUT2D eigenvalue weighted by Gasteiger charge is 2.43. The summed E-state index contributed by atoms with van der Waals surface area (Å²) in [5.41, 5.74) is -1.15. The third-order valence-electron chi connectivity index (χ3n) is 6.00. The Hall–Kier alpha value is -4.24. The summed E-state index contributed by atoms with van der Waals surface area (Å²) in [6.07, 6.45) is -3.29. The van der Waals surface area contributed by atoms with Gasteiger partial charge in [-0.3, -0.25) is 14.5 Å². The molecule has 0 aliphatic carbocycles. The number of aromatic nitrogens is 1. The van der Waals surface area contributed by atoms with Crippen molar-refractivity contribution >= 4 is 23.7 Å². The van der Waals surface area contributed by atoms with Crippen molar-refractivity contribution in [1.29, 1.82) is 0 Å². The van der Waals surface area contributed by atoms with E-state index in [1.165, 1.54) is 43.6 Å². The molecule has 0 saturated carbocycles. The Kier molecular flexibility index (Phi) is 16.7. The molecule has 8 nitrogen and oxygen atoms in total. The van der Waals surface area contributed by atoms with E-state index in [4.69, 9.17) is 9.84 Å². The number of hydrogen-bond acceptors (Lipinski definition) is 7. The molecule has 254 valence electrons. The van der Waals surface area contributed by atoms with E-state index in [9.17, 15) is 40.3 Å². The maximum atomic E-state index is 14.5. The number of aliphatic hydroxyl groups is 1. The lowest BCUT2D eigenvalue weighted by Crippen LogP contribution is -2.29. The lowest BCUT2D eigenvalue weighted by molar-refractivity contribution is -0.136. The van der Waals surface area contributed by atoms with E-state index < -0.39 is 47.9 Å². The molecule has 15 heteroatoms. The third-order valence-corrected chi connectivity index (χ3v) is 6.00. The van der Waals surface area contributed by atoms with Crippen molar-refractivity contribution in [2.24, 2.45) is 5.92 Å². The number of halogens is 7. The maximum Gasteiger partial charge on any atom is 0.421 e. The van der Waals surface area contributed by atoms with Crippen molar-refractivity contribution in [3.05, 3.63) is 82.8 Å². The highest BCUT2D eigenvalue weighted by molar-refractivity contribution is 5.97. The highest BCUT2D eigenvalue weighted by Crippen LogP contribution is 2.43. The zero-order chi connectivity index (χ0) is 35.0. The molecule has 1 aromatic heterocycles. The molecule has 1 fully saturated rings. The molecule has 1 aliphatic heterocycles. The summed E-state index contributed by atoms with van der Waals surface area (Å²) in [4.78, 5) is 27.2. The number of nitrogens with one attached hydrogen (secondary N) is 2. The fourth-order valence-electron chi connectivity index (χ4n) is 4.11. The molecule has 2 heterocycles. The fraction of sp³-hybridized carbons (Fsp3) is 0.387. The van der Waals surface area contributed by atoms with E-state index in [-0.39, 0.29) is 48.2 Å². The number of aliphatic hydroxyl groups excluding tert-OH is 1. The van der Waals surface area contributed by atoms with Gasteiger partial charge in [0.15, 0.2) is 6.86 Å². The maximum absolute atomic E-state index is 14.5. The number of carbonyl (C=O) groups is 2. The van der Waals surface area contributed by atoms with Gasteiger partial charge in [-0.2, -0.15) is 13.2 Å². The number of hydrogen-bond donors (Lipinski definition) is 3. The van der Waals surface area contributed by atoms with Gasteiger partial charge in [-0.1, -0.05) is 13.8 Å². The Balaban J connectivity index is 0.000000583. The normalized spacial score (nSPS) is 13.9. The zero-order valence-electron chi connectivity index (χ0n) is 25.9. The smallest absolute Gasteiger partial charge is 0.421 e. The van der Waals surface area contributed by atoms with Crippen LogP contribution >= 0.6 is 0 Å². The van der Waals surface area contributed by atoms with Gasteiger partial charge in [-0.05, 0) is 50.3 Å². The van der Waals surface area contributed by atoms with Gasteiger partial charge in [0.05, 0.1) is 12.8 Å². The number of carbonyl (C=O) groups excluding carboxylic acids is 2. The van der Waals surface area contributed by atoms with Crippen LogP contribution in [0.1, 0.15) is 47.7 Å². The molecule has 46 heavy (non-hydrogen) atoms. The molecule has 1 amide bonds. The van der Waals surface area contributed by atoms with E-state index in [0.29, 0.717) is 11.8 Å². The van der Waals surface area contributed by atoms with Crippen LogP contribution in [0, 0.1) is 23.4 Å². The first-order chi connectivity index (χ1) is 21.7. The van der Waals surface area contributed by atoms with Gasteiger partial charge in [0.1, 0.15) is 40.9 Å². The molecule has 2 aromatic carbocycles. The van der Waals surface area contributed by atoms with Crippen LogP contribution in [0.5, 0.6) is 5.75 Å². The summed E-state index contributed by atoms with van der Waals surface area (Å²) in [6.45, 7) is 2.39. The molecular formula is C31H37F7N4O4. The molecule has 0 spiro atoms. The molecule has 1 unspecified atom stereocenters. The van der Waals surface area contributed by atoms with Crippen LogP contribution in [-0.2, 0) is 11.0 Å². The molecular weight excluding hydrogens is 625 g/mol. The Bertz CT molecular complexity index is 1370. The summed E-state index contributed by atoms with van der Waals surface area (Å²) in [5.74, 6) is -4.36. The van der Waals surface area contributed by atoms with Crippen molar-refractivity contribution < 1.29 is 50.2 Å². The number of pyridine rings is 1. The van der Waals surface area contributed by atoms with Crippen LogP contribution in [-0.4, -0.2) is 63.4 Å². The molecule has 4 rings (SSSR count). The third kappa shape index (κ3) is 11.9. The summed E-state index contributed by atoms with van der Waals surface area (Å²) >= 11 is 0. The molecule has 1 atom stereocenters. The quantitative estimate of drug-likeness (QED) is 0.200. The Morgan fingerprint density at radius 2 is 1.63 bits per heavy atom. The Morgan fingerprint density at radius 3 is 2.09 bits per heavy atom. The highest BCUT2D eigenvalue weighted by atomic mass is 19.4. The van der Waals surface area contributed by atoms with E-state index in [1.54, 1.807) is 0 Å². The van der Waals surface area contributed by atoms with Gasteiger partial charge in [0.2, 0.25) is 5.91 Å². The van der Waals surface area contributed by atoms with Gasteiger partial charge in [-0.25, -0.2) is 22.5 Å². The fourth-order valence-corrected chi connectivity index (χ4v) is 4.11. The SMILES string of the molecule is CNC.COc1cc(F)c(C2CC(=O)N(c3nccc(NCC(C)C)c3C(F)(F)F)C2)c(F)c1.O=Cc1ccc(F)cc1.OCF. The summed E-state index contributed by atoms with van der Waals surface area (Å²) in [5, 5.41) is 12.4. The van der Waals surface area contributed by atoms with Crippen molar-refractivity contribution in [2.45, 2.75) is 32.4 Å². The van der Waals surface area contributed by atoms with Crippen LogP contribution in [0.3, 0.4) is 0 Å². The average molecular weight is 663 g/mol. The second kappa shape index (κ2) is 19.3. The molecule has 0 radical (unpaired) electrons. The predicted octanol–water partition coefficient (Wildman–Crippen LogP) is 6.36. The molecule has 3 N–H and O–H groups in total. The number of anilines is 2. The average Bonchev–Trinajstić information content (AvgIpc) is 3.37. The monoisotopic (exact) mass is 662 g/mol. The minimum Gasteiger partial charge on any atom is -0.497 e. The van der Waals surface area contributed by atoms with E-state index in [1.807, 2.05) is 27.9 Å². The van der Waals surface area contributed by atoms with Crippen LogP contribution in [0.25, 0.3) is 0 Å². The summed E-state index contributed by atoms with van der Waals surface area (Å²) < 4.78 is 97.4. The van der Waals surface area contributed by atoms with Crippen LogP contribution in [0.2, 0.25) is 0 Å². The van der Waals surface area contributed by atoms with Crippen molar-refractivity contribution in [3.8, 4) is 5.75 Å². The van der Waals surface area contributed by atoms with E-state index in [2.05, 4.69) is 15.6 Å². The number of amides is 1. The van der Waals surface area contributed by atoms with E-state index in [0.717, 1.165) is 17.0 Å². The minimum atomic E-state index is -4.79. The number of nitrogens with zero attached hydrogens (tertiary/aromatic N) is 2. The van der Waals surface area contributed by atoms with Gasteiger partial charge in [0.25, 0.3) is 0 Å². The number of methoxy groups -OCH3 is 1. The Morgan fingerprint density at radius 1 is 1.09 bits per heavy atom. The van der Waals surface area contributed by atoms with Crippen LogP contribution < -0.4 is 20.3 Å². The standard InChI is InChI=1S/C21H22F5N3O2.C7H5FO.C2H7N.CH3FO/c1-11(2)9-28-16-4-5-27-20(19(16)21(24,25)26)29-10-12(6-17(29)30)18-14(22)7-13(31-3)8-15(18)23;8-7-3-1-6(5-9)2-4-7;1-3-2;2-1-3/h4-5,7-8,11-12H,6,9-10H2,1-3H3,(H,27,28);1-5H;3H,1-2H3;3H,1H2. The second-order valence-corrected chi connectivity index (χ2v) is 10.0. The zero-order valence-corrected chi connectivity index (χ0v) is 25.9. The largest absolute Gasteiger partial charge is 0.497 e. The summed E-state index contributed by atoms with van der Waals surface area (Å²) in [7, 11) is 5.00. The molecule has 0 bridgehead atoms. The van der Waals surface area contributed by atoms with E-state index >= 15 is 0 Å². The van der Waals surface area contributed by atoms with Crippen molar-refractivity contribution in [1.82, 2.24) is 10.3 Å². The summed E-state index contributed by atoms with van der Waals surface area (Å²) in [6, 6.07) is 8.51. The second-order valence-electron chi connectivity index (χ2n) is 10.0. The lowest BCUT2D eigenvalue weighted by atomic mass is 9.97. The number of rotatable bonds is 7. The van der Waals surface area contributed by atoms with Crippen molar-refractivity contribution in [2.75, 3.05) is 51.4 Å². The molecule has 1 aliphatic rings. The number of ether oxygens (including phenoxy) is 1. The first-order valence-corrected chi connectivity index (χ1v) is 13.8. The number of alkyl halides is 4. The first kappa shape index (κ1) is 39.8.